The maximum atomic E-state index is 3.72. The Bertz CT molecular complexity index is 41.4. The maximum Gasteiger partial charge on any atom is 0.0201 e. The molecule has 0 saturated carbocycles. The van der Waals surface area contributed by atoms with E-state index >= 15 is 0 Å². The van der Waals surface area contributed by atoms with E-state index in [1.54, 1.807) is 0 Å². The quantitative estimate of drug-likeness (QED) is 0.461. The van der Waals surface area contributed by atoms with Crippen LogP contribution in [0.15, 0.2) is 0 Å². The molecule has 0 aliphatic rings. The van der Waals surface area contributed by atoms with E-state index in [4.69, 9.17) is 0 Å². The molecule has 49 valence electrons. The van der Waals surface area contributed by atoms with Crippen molar-refractivity contribution in [1.82, 2.24) is 10.2 Å². The van der Waals surface area contributed by atoms with Gasteiger partial charge in [-0.05, 0) is 13.6 Å². The molecule has 0 amide bonds. The average molecular weight is 152 g/mol. The van der Waals surface area contributed by atoms with Crippen molar-refractivity contribution >= 4 is 0 Å². The minimum Gasteiger partial charge on any atom is -0.448 e. The second kappa shape index (κ2) is 7.50. The molecule has 0 aromatic rings. The van der Waals surface area contributed by atoms with Crippen molar-refractivity contribution in [2.24, 2.45) is 0 Å². The zero-order chi connectivity index (χ0) is 5.70. The van der Waals surface area contributed by atoms with Gasteiger partial charge in [0.15, 0.2) is 0 Å². The average Bonchev–Trinajstić information content (AvgIpc) is 1.68. The first-order valence-electron chi connectivity index (χ1n) is 2.51. The molecular weight excluding hydrogens is 139 g/mol. The minimum absolute atomic E-state index is 0. The van der Waals surface area contributed by atoms with Crippen LogP contribution in [0.2, 0.25) is 0 Å². The largest absolute Gasteiger partial charge is 0.448 e. The fourth-order valence-electron chi connectivity index (χ4n) is 0.335. The van der Waals surface area contributed by atoms with E-state index in [1.807, 2.05) is 11.9 Å². The Morgan fingerprint density at radius 3 is 2.25 bits per heavy atom. The number of rotatable bonds is 3. The Kier molecular flexibility index (Phi) is 10.6. The first-order valence-corrected chi connectivity index (χ1v) is 2.51. The topological polar surface area (TPSA) is 15.3 Å². The van der Waals surface area contributed by atoms with Crippen LogP contribution < -0.4 is 5.32 Å². The summed E-state index contributed by atoms with van der Waals surface area (Å²) in [7, 11) is 5.63. The molecule has 0 heterocycles. The summed E-state index contributed by atoms with van der Waals surface area (Å²) < 4.78 is 0. The van der Waals surface area contributed by atoms with Crippen molar-refractivity contribution in [2.75, 3.05) is 20.3 Å². The van der Waals surface area contributed by atoms with E-state index in [-0.39, 0.29) is 18.6 Å². The number of nitrogens with zero attached hydrogens (tertiary/aromatic N) is 1. The number of nitrogens with one attached hydrogen (secondary N) is 1. The Labute approximate surface area is 63.5 Å². The normalized spacial score (nSPS) is 9.00. The second-order valence-corrected chi connectivity index (χ2v) is 1.50. The molecule has 0 aliphatic carbocycles. The van der Waals surface area contributed by atoms with E-state index in [1.165, 1.54) is 0 Å². The molecule has 0 fully saturated rings. The van der Waals surface area contributed by atoms with Gasteiger partial charge in [-0.25, -0.2) is 0 Å². The zero-order valence-corrected chi connectivity index (χ0v) is 6.91. The number of hydrogen-bond donors (Lipinski definition) is 1. The van der Waals surface area contributed by atoms with Gasteiger partial charge < -0.3 is 10.2 Å². The van der Waals surface area contributed by atoms with Gasteiger partial charge in [0, 0.05) is 25.2 Å². The Morgan fingerprint density at radius 2 is 2.12 bits per heavy atom. The van der Waals surface area contributed by atoms with E-state index in [0.29, 0.717) is 0 Å². The van der Waals surface area contributed by atoms with E-state index in [9.17, 15) is 0 Å². The fourth-order valence-corrected chi connectivity index (χ4v) is 0.335. The molecule has 0 spiro atoms. The van der Waals surface area contributed by atoms with Crippen molar-refractivity contribution in [3.63, 3.8) is 0 Å². The maximum absolute atomic E-state index is 3.72. The van der Waals surface area contributed by atoms with Gasteiger partial charge in [-0.2, -0.15) is 0 Å². The fraction of sp³-hybridized carbons (Fsp3) is 0.800. The molecular formula is C5H13N2V-. The van der Waals surface area contributed by atoms with Crippen LogP contribution in [-0.2, 0) is 18.6 Å². The molecule has 1 N–H and O–H groups in total. The van der Waals surface area contributed by atoms with Crippen LogP contribution in [0.25, 0.3) is 0 Å². The SMILES string of the molecule is [CH2-]N(CC)CNC.[V]. The summed E-state index contributed by atoms with van der Waals surface area (Å²) in [4.78, 5) is 1.94. The molecule has 0 aliphatic heterocycles. The Hall–Kier alpha value is 0.504. The van der Waals surface area contributed by atoms with Crippen molar-refractivity contribution in [2.45, 2.75) is 6.92 Å². The summed E-state index contributed by atoms with van der Waals surface area (Å²) in [6.45, 7) is 3.95. The van der Waals surface area contributed by atoms with Crippen LogP contribution in [0.1, 0.15) is 6.92 Å². The molecule has 1 radical (unpaired) electrons. The van der Waals surface area contributed by atoms with Crippen LogP contribution in [0.5, 0.6) is 0 Å². The van der Waals surface area contributed by atoms with Crippen LogP contribution in [0, 0.1) is 7.05 Å². The summed E-state index contributed by atoms with van der Waals surface area (Å²) in [5, 5.41) is 2.98. The third kappa shape index (κ3) is 6.50. The van der Waals surface area contributed by atoms with Crippen molar-refractivity contribution in [3.05, 3.63) is 7.05 Å². The Balaban J connectivity index is 0. The van der Waals surface area contributed by atoms with E-state index in [0.717, 1.165) is 13.2 Å². The van der Waals surface area contributed by atoms with E-state index in [2.05, 4.69) is 19.3 Å². The van der Waals surface area contributed by atoms with Gasteiger partial charge in [0.05, 0.1) is 0 Å². The van der Waals surface area contributed by atoms with Gasteiger partial charge in [0.1, 0.15) is 0 Å². The summed E-state index contributed by atoms with van der Waals surface area (Å²) in [6.07, 6.45) is 0. The first-order chi connectivity index (χ1) is 3.31. The standard InChI is InChI=1S/C5H13N2.V/c1-4-7(3)5-6-2;/h6H,3-5H2,1-2H3;/q-1;. The molecule has 3 heteroatoms. The smallest absolute Gasteiger partial charge is 0.0201 e. The molecule has 0 aromatic carbocycles. The Morgan fingerprint density at radius 1 is 1.62 bits per heavy atom. The predicted molar refractivity (Wildman–Crippen MR) is 31.7 cm³/mol. The molecule has 0 saturated heterocycles. The summed E-state index contributed by atoms with van der Waals surface area (Å²) in [5.74, 6) is 0. The number of hydrogen-bond acceptors (Lipinski definition) is 2. The van der Waals surface area contributed by atoms with Gasteiger partial charge >= 0.3 is 0 Å². The van der Waals surface area contributed by atoms with Crippen LogP contribution in [0.4, 0.5) is 0 Å². The molecule has 0 rings (SSSR count). The molecule has 2 nitrogen and oxygen atoms in total. The third-order valence-corrected chi connectivity index (χ3v) is 0.829. The molecule has 8 heavy (non-hydrogen) atoms. The summed E-state index contributed by atoms with van der Waals surface area (Å²) in [5.41, 5.74) is 0. The van der Waals surface area contributed by atoms with Gasteiger partial charge in [0.25, 0.3) is 0 Å². The first kappa shape index (κ1) is 11.3. The van der Waals surface area contributed by atoms with Crippen LogP contribution >= 0.6 is 0 Å². The zero-order valence-electron chi connectivity index (χ0n) is 5.52. The van der Waals surface area contributed by atoms with Gasteiger partial charge in [-0.15, -0.1) is 0 Å². The monoisotopic (exact) mass is 152 g/mol. The minimum atomic E-state index is 0. The van der Waals surface area contributed by atoms with Crippen LogP contribution in [0.3, 0.4) is 0 Å². The van der Waals surface area contributed by atoms with Gasteiger partial charge in [0.2, 0.25) is 0 Å². The molecule has 0 bridgehead atoms. The van der Waals surface area contributed by atoms with E-state index < -0.39 is 0 Å². The van der Waals surface area contributed by atoms with Crippen molar-refractivity contribution < 1.29 is 18.6 Å². The van der Waals surface area contributed by atoms with Crippen molar-refractivity contribution in [1.29, 1.82) is 0 Å². The van der Waals surface area contributed by atoms with Crippen LogP contribution in [-0.4, -0.2) is 25.2 Å². The summed E-state index contributed by atoms with van der Waals surface area (Å²) >= 11 is 0. The molecule has 0 unspecified atom stereocenters. The van der Waals surface area contributed by atoms with Gasteiger partial charge in [-0.1, -0.05) is 6.92 Å². The predicted octanol–water partition coefficient (Wildman–Crippen LogP) is 0.274. The van der Waals surface area contributed by atoms with Crippen molar-refractivity contribution in [3.8, 4) is 0 Å². The van der Waals surface area contributed by atoms with Gasteiger partial charge in [-0.3, -0.25) is 7.05 Å². The third-order valence-electron chi connectivity index (χ3n) is 0.829. The molecule has 0 atom stereocenters. The summed E-state index contributed by atoms with van der Waals surface area (Å²) in [6, 6.07) is 0. The second-order valence-electron chi connectivity index (χ2n) is 1.50. The molecule has 0 aromatic heterocycles.